The summed E-state index contributed by atoms with van der Waals surface area (Å²) in [6.45, 7) is 4.02. The van der Waals surface area contributed by atoms with Crippen LogP contribution in [0.4, 0.5) is 5.69 Å². The third-order valence-corrected chi connectivity index (χ3v) is 5.41. The maximum Gasteiger partial charge on any atom is 0.229 e. The van der Waals surface area contributed by atoms with Crippen LogP contribution in [-0.2, 0) is 16.6 Å². The predicted octanol–water partition coefficient (Wildman–Crippen LogP) is 1.03. The Balaban J connectivity index is 1.46. The molecule has 1 aromatic rings. The van der Waals surface area contributed by atoms with Crippen LogP contribution >= 0.6 is 0 Å². The van der Waals surface area contributed by atoms with Gasteiger partial charge in [0, 0.05) is 52.0 Å². The number of fused-ring (bicyclic) bond motifs is 1. The fourth-order valence-electron chi connectivity index (χ4n) is 4.28. The molecule has 120 valence electrons. The highest BCUT2D eigenvalue weighted by Crippen LogP contribution is 2.36. The molecule has 0 N–H and O–H groups in total. The highest BCUT2D eigenvalue weighted by Gasteiger charge is 2.47. The summed E-state index contributed by atoms with van der Waals surface area (Å²) in [4.78, 5) is 17.0. The van der Waals surface area contributed by atoms with E-state index in [-0.39, 0.29) is 5.91 Å². The van der Waals surface area contributed by atoms with Crippen LogP contribution in [0.25, 0.3) is 0 Å². The molecule has 0 aliphatic carbocycles. The first-order chi connectivity index (χ1) is 10.7. The Labute approximate surface area is 131 Å². The molecule has 4 rings (SSSR count). The zero-order valence-electron chi connectivity index (χ0n) is 13.1. The van der Waals surface area contributed by atoms with Gasteiger partial charge in [0.2, 0.25) is 5.91 Å². The van der Waals surface area contributed by atoms with Crippen LogP contribution in [0.1, 0.15) is 25.7 Å². The standard InChI is InChI=1S/C16H24N4O2/c1-18-11-13(9-17-18)20-14-2-5-19(15(14)8-16(20)21)10-12-3-6-22-7-4-12/h9,11-12,14-15H,2-8,10H2,1H3/t14-,15+/m1/s1. The zero-order valence-corrected chi connectivity index (χ0v) is 13.1. The van der Waals surface area contributed by atoms with Crippen molar-refractivity contribution in [1.82, 2.24) is 14.7 Å². The highest BCUT2D eigenvalue weighted by atomic mass is 16.5. The number of anilines is 1. The maximum atomic E-state index is 12.5. The first-order valence-corrected chi connectivity index (χ1v) is 8.35. The van der Waals surface area contributed by atoms with E-state index in [1.165, 1.54) is 0 Å². The topological polar surface area (TPSA) is 50.6 Å². The molecule has 3 aliphatic rings. The van der Waals surface area contributed by atoms with Crippen LogP contribution in [0.3, 0.4) is 0 Å². The van der Waals surface area contributed by atoms with Gasteiger partial charge in [-0.1, -0.05) is 0 Å². The van der Waals surface area contributed by atoms with Crippen LogP contribution < -0.4 is 4.90 Å². The summed E-state index contributed by atoms with van der Waals surface area (Å²) in [6, 6.07) is 0.715. The number of aryl methyl sites for hydroxylation is 1. The van der Waals surface area contributed by atoms with Gasteiger partial charge in [-0.25, -0.2) is 0 Å². The summed E-state index contributed by atoms with van der Waals surface area (Å²) in [6.07, 6.45) is 7.81. The SMILES string of the molecule is Cn1cc(N2C(=O)C[C@H]3[C@H]2CCN3CC2CCOCC2)cn1. The maximum absolute atomic E-state index is 12.5. The zero-order chi connectivity index (χ0) is 15.1. The molecule has 2 atom stereocenters. The minimum absolute atomic E-state index is 0.250. The summed E-state index contributed by atoms with van der Waals surface area (Å²) < 4.78 is 7.22. The van der Waals surface area contributed by atoms with Crippen LogP contribution in [0.2, 0.25) is 0 Å². The summed E-state index contributed by atoms with van der Waals surface area (Å²) in [5.74, 6) is 0.981. The van der Waals surface area contributed by atoms with Crippen molar-refractivity contribution in [2.24, 2.45) is 13.0 Å². The van der Waals surface area contributed by atoms with Gasteiger partial charge < -0.3 is 9.64 Å². The molecule has 4 heterocycles. The lowest BCUT2D eigenvalue weighted by molar-refractivity contribution is -0.117. The fourth-order valence-corrected chi connectivity index (χ4v) is 4.28. The van der Waals surface area contributed by atoms with Crippen LogP contribution in [0, 0.1) is 5.92 Å². The van der Waals surface area contributed by atoms with Crippen molar-refractivity contribution in [1.29, 1.82) is 0 Å². The monoisotopic (exact) mass is 304 g/mol. The summed E-state index contributed by atoms with van der Waals surface area (Å²) in [7, 11) is 1.90. The number of carbonyl (C=O) groups excluding carboxylic acids is 1. The van der Waals surface area contributed by atoms with Gasteiger partial charge in [-0.3, -0.25) is 14.4 Å². The van der Waals surface area contributed by atoms with Gasteiger partial charge in [-0.2, -0.15) is 5.10 Å². The second kappa shape index (κ2) is 5.66. The Bertz CT molecular complexity index is 552. The molecule has 22 heavy (non-hydrogen) atoms. The van der Waals surface area contributed by atoms with Gasteiger partial charge in [0.25, 0.3) is 0 Å². The lowest BCUT2D eigenvalue weighted by atomic mass is 9.99. The first-order valence-electron chi connectivity index (χ1n) is 8.35. The Morgan fingerprint density at radius 1 is 1.27 bits per heavy atom. The van der Waals surface area contributed by atoms with E-state index in [1.54, 1.807) is 10.9 Å². The quantitative estimate of drug-likeness (QED) is 0.837. The van der Waals surface area contributed by atoms with Crippen molar-refractivity contribution in [3.63, 3.8) is 0 Å². The molecule has 3 saturated heterocycles. The van der Waals surface area contributed by atoms with Crippen molar-refractivity contribution in [2.45, 2.75) is 37.8 Å². The van der Waals surface area contributed by atoms with Crippen molar-refractivity contribution >= 4 is 11.6 Å². The van der Waals surface area contributed by atoms with Crippen molar-refractivity contribution in [2.75, 3.05) is 31.2 Å². The number of aromatic nitrogens is 2. The molecule has 3 aliphatic heterocycles. The predicted molar refractivity (Wildman–Crippen MR) is 82.6 cm³/mol. The van der Waals surface area contributed by atoms with E-state index < -0.39 is 0 Å². The molecule has 0 spiro atoms. The highest BCUT2D eigenvalue weighted by molar-refractivity contribution is 5.97. The molecule has 1 amide bonds. The molecular formula is C16H24N4O2. The van der Waals surface area contributed by atoms with Gasteiger partial charge in [0.1, 0.15) is 0 Å². The van der Waals surface area contributed by atoms with Crippen molar-refractivity contribution in [3.05, 3.63) is 12.4 Å². The molecule has 6 nitrogen and oxygen atoms in total. The van der Waals surface area contributed by atoms with E-state index in [1.807, 2.05) is 18.1 Å². The molecule has 3 fully saturated rings. The van der Waals surface area contributed by atoms with Gasteiger partial charge in [-0.05, 0) is 25.2 Å². The molecule has 0 unspecified atom stereocenters. The number of hydrogen-bond acceptors (Lipinski definition) is 4. The second-order valence-electron chi connectivity index (χ2n) is 6.81. The summed E-state index contributed by atoms with van der Waals surface area (Å²) in [5.41, 5.74) is 0.952. The average molecular weight is 304 g/mol. The number of carbonyl (C=O) groups is 1. The summed E-state index contributed by atoms with van der Waals surface area (Å²) >= 11 is 0. The van der Waals surface area contributed by atoms with Gasteiger partial charge in [0.15, 0.2) is 0 Å². The van der Waals surface area contributed by atoms with Gasteiger partial charge >= 0.3 is 0 Å². The molecule has 1 aromatic heterocycles. The molecule has 0 bridgehead atoms. The first kappa shape index (κ1) is 14.2. The molecule has 6 heteroatoms. The van der Waals surface area contributed by atoms with E-state index in [2.05, 4.69) is 10.00 Å². The minimum atomic E-state index is 0.250. The lowest BCUT2D eigenvalue weighted by Crippen LogP contribution is -2.39. The Kier molecular flexibility index (Phi) is 3.66. The number of hydrogen-bond donors (Lipinski definition) is 0. The van der Waals surface area contributed by atoms with E-state index in [0.29, 0.717) is 18.5 Å². The van der Waals surface area contributed by atoms with E-state index >= 15 is 0 Å². The normalized spacial score (nSPS) is 30.2. The molecule has 0 radical (unpaired) electrons. The second-order valence-corrected chi connectivity index (χ2v) is 6.81. The van der Waals surface area contributed by atoms with Gasteiger partial charge in [0.05, 0.1) is 17.9 Å². The van der Waals surface area contributed by atoms with Gasteiger partial charge in [-0.15, -0.1) is 0 Å². The van der Waals surface area contributed by atoms with E-state index in [4.69, 9.17) is 4.74 Å². The van der Waals surface area contributed by atoms with E-state index in [0.717, 1.165) is 57.2 Å². The fraction of sp³-hybridized carbons (Fsp3) is 0.750. The largest absolute Gasteiger partial charge is 0.381 e. The van der Waals surface area contributed by atoms with Crippen LogP contribution in [0.5, 0.6) is 0 Å². The van der Waals surface area contributed by atoms with Crippen molar-refractivity contribution in [3.8, 4) is 0 Å². The third kappa shape index (κ3) is 2.44. The van der Waals surface area contributed by atoms with Crippen molar-refractivity contribution < 1.29 is 9.53 Å². The number of likely N-dealkylation sites (tertiary alicyclic amines) is 1. The lowest BCUT2D eigenvalue weighted by Gasteiger charge is -2.30. The number of rotatable bonds is 3. The number of amides is 1. The minimum Gasteiger partial charge on any atom is -0.381 e. The Hall–Kier alpha value is -1.40. The third-order valence-electron chi connectivity index (χ3n) is 5.41. The molecular weight excluding hydrogens is 280 g/mol. The van der Waals surface area contributed by atoms with Crippen LogP contribution in [0.15, 0.2) is 12.4 Å². The average Bonchev–Trinajstić information content (AvgIpc) is 3.17. The molecule has 0 saturated carbocycles. The van der Waals surface area contributed by atoms with Crippen LogP contribution in [-0.4, -0.2) is 59.0 Å². The summed E-state index contributed by atoms with van der Waals surface area (Å²) in [5, 5.41) is 4.22. The Morgan fingerprint density at radius 2 is 2.09 bits per heavy atom. The smallest absolute Gasteiger partial charge is 0.229 e. The number of ether oxygens (including phenoxy) is 1. The number of nitrogens with zero attached hydrogens (tertiary/aromatic N) is 4. The van der Waals surface area contributed by atoms with E-state index in [9.17, 15) is 4.79 Å². The Morgan fingerprint density at radius 3 is 2.82 bits per heavy atom. The molecule has 0 aromatic carbocycles.